The summed E-state index contributed by atoms with van der Waals surface area (Å²) in [6.45, 7) is 3.97. The molecule has 0 saturated heterocycles. The highest BCUT2D eigenvalue weighted by Crippen LogP contribution is 2.13. The smallest absolute Gasteiger partial charge is 0.306 e. The second kappa shape index (κ2) is 51.6. The van der Waals surface area contributed by atoms with Gasteiger partial charge in [-0.25, -0.2) is 0 Å². The minimum Gasteiger partial charge on any atom is -0.462 e. The second-order valence-electron chi connectivity index (χ2n) is 16.2. The van der Waals surface area contributed by atoms with Crippen LogP contribution in [-0.4, -0.2) is 36.4 Å². The molecule has 0 saturated carbocycles. The molecule has 0 bridgehead atoms. The van der Waals surface area contributed by atoms with Crippen molar-refractivity contribution in [2.45, 2.75) is 213 Å². The number of hydrogen-bond donors (Lipinski definition) is 1. The van der Waals surface area contributed by atoms with Gasteiger partial charge in [0.25, 0.3) is 0 Å². The van der Waals surface area contributed by atoms with Gasteiger partial charge in [0.1, 0.15) is 6.61 Å². The number of carbonyl (C=O) groups excluding carboxylic acids is 2. The van der Waals surface area contributed by atoms with Crippen LogP contribution >= 0.6 is 0 Å². The topological polar surface area (TPSA) is 72.8 Å². The van der Waals surface area contributed by atoms with E-state index in [1.165, 1.54) is 83.5 Å². The summed E-state index contributed by atoms with van der Waals surface area (Å²) in [5.74, 6) is -0.655. The quantitative estimate of drug-likeness (QED) is 0.0375. The molecule has 5 nitrogen and oxygen atoms in total. The fraction of sp³-hybridized carbons (Fsp3) is 0.614. The van der Waals surface area contributed by atoms with Gasteiger partial charge in [-0.1, -0.05) is 206 Å². The number of ether oxygens (including phenoxy) is 2. The molecule has 0 amide bonds. The summed E-state index contributed by atoms with van der Waals surface area (Å²) in [6, 6.07) is 0. The lowest BCUT2D eigenvalue weighted by Crippen LogP contribution is -2.28. The number of allylic oxidation sites excluding steroid dienone is 20. The van der Waals surface area contributed by atoms with Gasteiger partial charge < -0.3 is 14.6 Å². The Kier molecular flexibility index (Phi) is 48.6. The molecule has 5 heteroatoms. The van der Waals surface area contributed by atoms with Crippen LogP contribution in [0, 0.1) is 0 Å². The molecule has 0 fully saturated rings. The maximum Gasteiger partial charge on any atom is 0.306 e. The van der Waals surface area contributed by atoms with Crippen molar-refractivity contribution in [1.29, 1.82) is 0 Å². The van der Waals surface area contributed by atoms with Crippen molar-refractivity contribution in [3.63, 3.8) is 0 Å². The lowest BCUT2D eigenvalue weighted by molar-refractivity contribution is -0.161. The maximum absolute atomic E-state index is 12.3. The molecule has 0 aliphatic heterocycles. The summed E-state index contributed by atoms with van der Waals surface area (Å²) in [4.78, 5) is 24.4. The summed E-state index contributed by atoms with van der Waals surface area (Å²) >= 11 is 0. The average molecular weight is 857 g/mol. The van der Waals surface area contributed by atoms with Gasteiger partial charge in [-0.3, -0.25) is 9.59 Å². The molecule has 0 aliphatic carbocycles. The van der Waals surface area contributed by atoms with Crippen LogP contribution in [0.1, 0.15) is 206 Å². The molecule has 0 aromatic rings. The van der Waals surface area contributed by atoms with Gasteiger partial charge in [-0.2, -0.15) is 0 Å². The second-order valence-corrected chi connectivity index (χ2v) is 16.2. The van der Waals surface area contributed by atoms with Crippen molar-refractivity contribution in [1.82, 2.24) is 0 Å². The molecule has 0 aromatic heterocycles. The lowest BCUT2D eigenvalue weighted by atomic mass is 10.1. The molecule has 0 spiro atoms. The van der Waals surface area contributed by atoms with Crippen LogP contribution in [0.15, 0.2) is 122 Å². The summed E-state index contributed by atoms with van der Waals surface area (Å²) < 4.78 is 10.6. The zero-order valence-corrected chi connectivity index (χ0v) is 39.8. The van der Waals surface area contributed by atoms with E-state index in [0.29, 0.717) is 12.8 Å². The first kappa shape index (κ1) is 58.3. The van der Waals surface area contributed by atoms with Crippen molar-refractivity contribution in [2.75, 3.05) is 13.2 Å². The van der Waals surface area contributed by atoms with Gasteiger partial charge in [0, 0.05) is 12.8 Å². The number of rotatable bonds is 44. The Labute approximate surface area is 382 Å². The third-order valence-corrected chi connectivity index (χ3v) is 10.2. The molecule has 1 unspecified atom stereocenters. The molecule has 0 radical (unpaired) electrons. The molecule has 1 N–H and O–H groups in total. The highest BCUT2D eigenvalue weighted by Gasteiger charge is 2.16. The Hall–Kier alpha value is -3.70. The number of unbranched alkanes of at least 4 members (excludes halogenated alkanes) is 16. The van der Waals surface area contributed by atoms with E-state index in [1.54, 1.807) is 0 Å². The molecule has 0 aromatic carbocycles. The van der Waals surface area contributed by atoms with Crippen LogP contribution in [0.25, 0.3) is 0 Å². The van der Waals surface area contributed by atoms with Crippen molar-refractivity contribution < 1.29 is 24.2 Å². The van der Waals surface area contributed by atoms with E-state index in [0.717, 1.165) is 96.3 Å². The van der Waals surface area contributed by atoms with Gasteiger partial charge in [-0.15, -0.1) is 0 Å². The predicted octanol–water partition coefficient (Wildman–Crippen LogP) is 16.7. The number of hydrogen-bond acceptors (Lipinski definition) is 5. The molecular weight excluding hydrogens is 765 g/mol. The Bertz CT molecular complexity index is 1290. The van der Waals surface area contributed by atoms with E-state index in [2.05, 4.69) is 135 Å². The highest BCUT2D eigenvalue weighted by atomic mass is 16.6. The van der Waals surface area contributed by atoms with Crippen LogP contribution in [0.3, 0.4) is 0 Å². The monoisotopic (exact) mass is 857 g/mol. The minimum atomic E-state index is -0.807. The van der Waals surface area contributed by atoms with Crippen LogP contribution < -0.4 is 0 Å². The summed E-state index contributed by atoms with van der Waals surface area (Å²) in [6.07, 6.45) is 75.7. The first-order valence-corrected chi connectivity index (χ1v) is 25.1. The fourth-order valence-corrected chi connectivity index (χ4v) is 6.48. The Morgan fingerprint density at radius 3 is 1.08 bits per heavy atom. The first-order valence-electron chi connectivity index (χ1n) is 25.1. The number of carbonyl (C=O) groups is 2. The van der Waals surface area contributed by atoms with Crippen molar-refractivity contribution in [3.05, 3.63) is 122 Å². The zero-order valence-electron chi connectivity index (χ0n) is 39.8. The summed E-state index contributed by atoms with van der Waals surface area (Å²) in [5.41, 5.74) is 0. The van der Waals surface area contributed by atoms with Gasteiger partial charge in [0.05, 0.1) is 6.61 Å². The SMILES string of the molecule is CC/C=C\C/C=C\C/C=C\C/C=C\C/C=C\C/C=C\C/C=C\C/C=C\CCCCC(=O)OC(CO)COC(=O)CCCCCCCCCCC/C=C\C/C=C\CCCCCCC. The molecule has 350 valence electrons. The van der Waals surface area contributed by atoms with Gasteiger partial charge in [0.2, 0.25) is 0 Å². The van der Waals surface area contributed by atoms with Crippen molar-refractivity contribution in [3.8, 4) is 0 Å². The van der Waals surface area contributed by atoms with E-state index in [9.17, 15) is 14.7 Å². The predicted molar refractivity (Wildman–Crippen MR) is 269 cm³/mol. The Morgan fingerprint density at radius 2 is 0.694 bits per heavy atom. The summed E-state index contributed by atoms with van der Waals surface area (Å²) in [5, 5.41) is 9.62. The van der Waals surface area contributed by atoms with Crippen LogP contribution in [-0.2, 0) is 19.1 Å². The summed E-state index contributed by atoms with van der Waals surface area (Å²) in [7, 11) is 0. The van der Waals surface area contributed by atoms with Gasteiger partial charge in [-0.05, 0) is 109 Å². The highest BCUT2D eigenvalue weighted by molar-refractivity contribution is 5.70. The van der Waals surface area contributed by atoms with Gasteiger partial charge >= 0.3 is 11.9 Å². The molecule has 62 heavy (non-hydrogen) atoms. The number of esters is 2. The van der Waals surface area contributed by atoms with E-state index in [1.807, 2.05) is 0 Å². The van der Waals surface area contributed by atoms with E-state index in [4.69, 9.17) is 9.47 Å². The molecular formula is C57H92O5. The van der Waals surface area contributed by atoms with Crippen molar-refractivity contribution in [2.24, 2.45) is 0 Å². The maximum atomic E-state index is 12.3. The lowest BCUT2D eigenvalue weighted by Gasteiger charge is -2.15. The third kappa shape index (κ3) is 49.0. The Morgan fingerprint density at radius 1 is 0.387 bits per heavy atom. The number of aliphatic hydroxyl groups excluding tert-OH is 1. The molecule has 0 heterocycles. The van der Waals surface area contributed by atoms with Crippen molar-refractivity contribution >= 4 is 11.9 Å². The van der Waals surface area contributed by atoms with Crippen LogP contribution in [0.4, 0.5) is 0 Å². The van der Waals surface area contributed by atoms with E-state index >= 15 is 0 Å². The fourth-order valence-electron chi connectivity index (χ4n) is 6.48. The zero-order chi connectivity index (χ0) is 44.9. The standard InChI is InChI=1S/C57H92O5/c1-3-5-7-9-11-13-15-17-19-21-23-25-26-27-28-29-30-32-34-36-38-40-42-44-46-48-50-52-57(60)62-55(53-58)54-61-56(59)51-49-47-45-43-41-39-37-35-33-31-24-22-20-18-16-14-12-10-8-6-4-2/h5,7,11,13,16-19,22-25,27-28,30,32,36,38,42,44,55,58H,3-4,6,8-10,12,14-15,20-21,26,29,31,33-35,37,39-41,43,45-54H2,1-2H3/b7-5-,13-11-,18-16-,19-17-,24-22-,25-23-,28-27-,32-30-,38-36-,44-42-. The van der Waals surface area contributed by atoms with Gasteiger partial charge in [0.15, 0.2) is 6.10 Å². The van der Waals surface area contributed by atoms with Crippen LogP contribution in [0.2, 0.25) is 0 Å². The average Bonchev–Trinajstić information content (AvgIpc) is 3.28. The normalized spacial score (nSPS) is 13.3. The van der Waals surface area contributed by atoms with Crippen LogP contribution in [0.5, 0.6) is 0 Å². The van der Waals surface area contributed by atoms with E-state index in [-0.39, 0.29) is 25.2 Å². The van der Waals surface area contributed by atoms with E-state index < -0.39 is 6.10 Å². The molecule has 0 aliphatic rings. The minimum absolute atomic E-state index is 0.0937. The first-order chi connectivity index (χ1) is 30.6. The molecule has 0 rings (SSSR count). The Balaban J connectivity index is 3.67. The third-order valence-electron chi connectivity index (χ3n) is 10.2. The largest absolute Gasteiger partial charge is 0.462 e. The number of aliphatic hydroxyl groups is 1. The molecule has 1 atom stereocenters.